The van der Waals surface area contributed by atoms with Gasteiger partial charge in [-0.1, -0.05) is 24.3 Å². The van der Waals surface area contributed by atoms with Crippen LogP contribution in [0.3, 0.4) is 0 Å². The average molecular weight is 347 g/mol. The molecule has 2 aromatic carbocycles. The summed E-state index contributed by atoms with van der Waals surface area (Å²) in [5.74, 6) is 1.20. The first-order valence-electron chi connectivity index (χ1n) is 8.46. The number of benzene rings is 2. The lowest BCUT2D eigenvalue weighted by atomic mass is 10.2. The van der Waals surface area contributed by atoms with Gasteiger partial charge in [0.1, 0.15) is 5.82 Å². The maximum absolute atomic E-state index is 11.2. The van der Waals surface area contributed by atoms with Gasteiger partial charge >= 0.3 is 0 Å². The van der Waals surface area contributed by atoms with Gasteiger partial charge in [0.15, 0.2) is 0 Å². The van der Waals surface area contributed by atoms with E-state index in [4.69, 9.17) is 0 Å². The van der Waals surface area contributed by atoms with Gasteiger partial charge in [-0.15, -0.1) is 0 Å². The third-order valence-electron chi connectivity index (χ3n) is 3.74. The Morgan fingerprint density at radius 3 is 2.54 bits per heavy atom. The molecule has 0 aliphatic heterocycles. The highest BCUT2D eigenvalue weighted by molar-refractivity contribution is 5.89. The van der Waals surface area contributed by atoms with Gasteiger partial charge < -0.3 is 15.5 Å². The van der Waals surface area contributed by atoms with Crippen molar-refractivity contribution >= 4 is 34.7 Å². The molecule has 1 heterocycles. The lowest BCUT2D eigenvalue weighted by Gasteiger charge is -2.22. The quantitative estimate of drug-likeness (QED) is 0.694. The maximum atomic E-state index is 11.2. The Morgan fingerprint density at radius 2 is 1.81 bits per heavy atom. The fourth-order valence-electron chi connectivity index (χ4n) is 2.65. The second kappa shape index (κ2) is 8.11. The van der Waals surface area contributed by atoms with Gasteiger partial charge in [-0.3, -0.25) is 4.79 Å². The highest BCUT2D eigenvalue weighted by Crippen LogP contribution is 2.24. The molecule has 0 bridgehead atoms. The summed E-state index contributed by atoms with van der Waals surface area (Å²) < 4.78 is 0. The van der Waals surface area contributed by atoms with E-state index in [1.54, 1.807) is 6.20 Å². The number of nitrogens with zero attached hydrogens (tertiary/aromatic N) is 3. The minimum atomic E-state index is -0.109. The highest BCUT2D eigenvalue weighted by atomic mass is 16.1. The monoisotopic (exact) mass is 347 g/mol. The molecule has 3 aromatic rings. The van der Waals surface area contributed by atoms with Gasteiger partial charge in [0.2, 0.25) is 11.9 Å². The lowest BCUT2D eigenvalue weighted by Crippen LogP contribution is -2.17. The van der Waals surface area contributed by atoms with Crippen LogP contribution in [-0.4, -0.2) is 22.4 Å². The molecule has 0 spiro atoms. The van der Waals surface area contributed by atoms with Crippen molar-refractivity contribution in [1.82, 2.24) is 9.97 Å². The normalized spacial score (nSPS) is 10.2. The van der Waals surface area contributed by atoms with Crippen LogP contribution in [0.2, 0.25) is 0 Å². The summed E-state index contributed by atoms with van der Waals surface area (Å²) in [6, 6.07) is 19.4. The molecule has 26 heavy (non-hydrogen) atoms. The number of amides is 1. The molecule has 3 rings (SSSR count). The summed E-state index contributed by atoms with van der Waals surface area (Å²) in [5, 5.41) is 5.95. The number of aromatic nitrogens is 2. The number of nitrogens with one attached hydrogen (secondary N) is 2. The molecule has 0 unspecified atom stereocenters. The lowest BCUT2D eigenvalue weighted by molar-refractivity contribution is -0.114. The Kier molecular flexibility index (Phi) is 5.43. The van der Waals surface area contributed by atoms with Crippen LogP contribution in [0.4, 0.5) is 28.8 Å². The Morgan fingerprint density at radius 1 is 1.04 bits per heavy atom. The molecule has 0 atom stereocenters. The van der Waals surface area contributed by atoms with Crippen LogP contribution >= 0.6 is 0 Å². The molecular formula is C20H21N5O. The Balaban J connectivity index is 1.82. The number of carbonyl (C=O) groups excluding carboxylic acids is 1. The minimum Gasteiger partial charge on any atom is -0.327 e. The molecule has 1 aromatic heterocycles. The van der Waals surface area contributed by atoms with Crippen LogP contribution < -0.4 is 15.5 Å². The predicted molar refractivity (Wildman–Crippen MR) is 105 cm³/mol. The predicted octanol–water partition coefficient (Wildman–Crippen LogP) is 4.34. The number of carbonyl (C=O) groups is 1. The molecule has 1 amide bonds. The van der Waals surface area contributed by atoms with Gasteiger partial charge in [-0.2, -0.15) is 4.98 Å². The van der Waals surface area contributed by atoms with Gasteiger partial charge in [0.05, 0.1) is 0 Å². The Bertz CT molecular complexity index is 882. The molecule has 6 nitrogen and oxygen atoms in total. The average Bonchev–Trinajstić information content (AvgIpc) is 2.63. The molecule has 0 saturated carbocycles. The first kappa shape index (κ1) is 17.4. The van der Waals surface area contributed by atoms with E-state index >= 15 is 0 Å². The summed E-state index contributed by atoms with van der Waals surface area (Å²) >= 11 is 0. The molecule has 132 valence electrons. The third kappa shape index (κ3) is 4.36. The van der Waals surface area contributed by atoms with E-state index in [1.807, 2.05) is 48.5 Å². The van der Waals surface area contributed by atoms with Crippen LogP contribution in [0.1, 0.15) is 13.8 Å². The van der Waals surface area contributed by atoms with Crippen molar-refractivity contribution in [3.63, 3.8) is 0 Å². The first-order chi connectivity index (χ1) is 12.7. The Hall–Kier alpha value is -3.41. The second-order valence-corrected chi connectivity index (χ2v) is 5.71. The number of hydrogen-bond acceptors (Lipinski definition) is 5. The summed E-state index contributed by atoms with van der Waals surface area (Å²) in [4.78, 5) is 22.2. The van der Waals surface area contributed by atoms with Gasteiger partial charge in [-0.25, -0.2) is 4.98 Å². The summed E-state index contributed by atoms with van der Waals surface area (Å²) in [7, 11) is 0. The molecule has 0 aliphatic rings. The van der Waals surface area contributed by atoms with Crippen LogP contribution in [0, 0.1) is 0 Å². The third-order valence-corrected chi connectivity index (χ3v) is 3.74. The summed E-state index contributed by atoms with van der Waals surface area (Å²) in [6.07, 6.45) is 1.73. The van der Waals surface area contributed by atoms with E-state index in [1.165, 1.54) is 6.92 Å². The van der Waals surface area contributed by atoms with Crippen molar-refractivity contribution in [2.45, 2.75) is 13.8 Å². The fraction of sp³-hybridized carbons (Fsp3) is 0.150. The van der Waals surface area contributed by atoms with Crippen molar-refractivity contribution in [2.75, 3.05) is 22.1 Å². The molecule has 0 saturated heterocycles. The minimum absolute atomic E-state index is 0.109. The number of para-hydroxylation sites is 1. The SMILES string of the molecule is CCN(c1ccccc1)c1ccnc(Nc2cccc(NC(C)=O)c2)n1. The molecule has 6 heteroatoms. The van der Waals surface area contributed by atoms with E-state index in [0.717, 1.165) is 29.4 Å². The van der Waals surface area contributed by atoms with E-state index in [9.17, 15) is 4.79 Å². The highest BCUT2D eigenvalue weighted by Gasteiger charge is 2.09. The maximum Gasteiger partial charge on any atom is 0.229 e. The standard InChI is InChI=1S/C20H21N5O/c1-3-25(18-10-5-4-6-11-18)19-12-13-21-20(24-19)23-17-9-7-8-16(14-17)22-15(2)26/h4-14H,3H2,1-2H3,(H,22,26)(H,21,23,24). The number of rotatable bonds is 6. The van der Waals surface area contributed by atoms with Crippen LogP contribution in [0.15, 0.2) is 66.9 Å². The largest absolute Gasteiger partial charge is 0.327 e. The van der Waals surface area contributed by atoms with Gasteiger partial charge in [0.25, 0.3) is 0 Å². The van der Waals surface area contributed by atoms with Crippen molar-refractivity contribution < 1.29 is 4.79 Å². The summed E-state index contributed by atoms with van der Waals surface area (Å²) in [6.45, 7) is 4.35. The zero-order valence-corrected chi connectivity index (χ0v) is 14.8. The molecule has 2 N–H and O–H groups in total. The zero-order chi connectivity index (χ0) is 18.4. The summed E-state index contributed by atoms with van der Waals surface area (Å²) in [5.41, 5.74) is 2.60. The topological polar surface area (TPSA) is 70.2 Å². The second-order valence-electron chi connectivity index (χ2n) is 5.71. The zero-order valence-electron chi connectivity index (χ0n) is 14.8. The van der Waals surface area contributed by atoms with Crippen LogP contribution in [0.5, 0.6) is 0 Å². The smallest absolute Gasteiger partial charge is 0.229 e. The van der Waals surface area contributed by atoms with Crippen molar-refractivity contribution in [2.24, 2.45) is 0 Å². The fourth-order valence-corrected chi connectivity index (χ4v) is 2.65. The van der Waals surface area contributed by atoms with Gasteiger partial charge in [0, 0.05) is 36.7 Å². The van der Waals surface area contributed by atoms with E-state index < -0.39 is 0 Å². The molecule has 0 aliphatic carbocycles. The molecule has 0 fully saturated rings. The Labute approximate surface area is 152 Å². The van der Waals surface area contributed by atoms with E-state index in [2.05, 4.69) is 44.6 Å². The van der Waals surface area contributed by atoms with Gasteiger partial charge in [-0.05, 0) is 43.3 Å². The number of anilines is 5. The van der Waals surface area contributed by atoms with Crippen molar-refractivity contribution in [1.29, 1.82) is 0 Å². The van der Waals surface area contributed by atoms with E-state index in [0.29, 0.717) is 5.95 Å². The van der Waals surface area contributed by atoms with E-state index in [-0.39, 0.29) is 5.91 Å². The van der Waals surface area contributed by atoms with Crippen molar-refractivity contribution in [3.05, 3.63) is 66.9 Å². The number of hydrogen-bond donors (Lipinski definition) is 2. The first-order valence-corrected chi connectivity index (χ1v) is 8.46. The van der Waals surface area contributed by atoms with Crippen molar-refractivity contribution in [3.8, 4) is 0 Å². The molecule has 0 radical (unpaired) electrons. The molecular weight excluding hydrogens is 326 g/mol. The van der Waals surface area contributed by atoms with Crippen LogP contribution in [-0.2, 0) is 4.79 Å². The van der Waals surface area contributed by atoms with Crippen LogP contribution in [0.25, 0.3) is 0 Å².